The Morgan fingerprint density at radius 2 is 2.04 bits per heavy atom. The number of hydrogen-bond acceptors (Lipinski definition) is 5. The normalized spacial score (nSPS) is 10.8. The Morgan fingerprint density at radius 1 is 1.21 bits per heavy atom. The van der Waals surface area contributed by atoms with Gasteiger partial charge in [0, 0.05) is 22.9 Å². The third kappa shape index (κ3) is 4.88. The molecule has 3 aromatic rings. The van der Waals surface area contributed by atoms with E-state index in [1.807, 2.05) is 25.1 Å². The summed E-state index contributed by atoms with van der Waals surface area (Å²) >= 11 is 7.50. The topological polar surface area (TPSA) is 68.5 Å². The fourth-order valence-electron chi connectivity index (χ4n) is 2.81. The molecule has 5 nitrogen and oxygen atoms in total. The number of carbonyl (C=O) groups excluding carboxylic acids is 1. The molecule has 3 rings (SSSR count). The molecule has 1 heterocycles. The number of fused-ring (bicyclic) bond motifs is 1. The highest BCUT2D eigenvalue weighted by molar-refractivity contribution is 7.99. The third-order valence-electron chi connectivity index (χ3n) is 4.23. The van der Waals surface area contributed by atoms with E-state index in [-0.39, 0.29) is 17.3 Å². The summed E-state index contributed by atoms with van der Waals surface area (Å²) in [5.74, 6) is 1.19. The maximum absolute atomic E-state index is 12.2. The number of aryl methyl sites for hydroxylation is 1. The predicted molar refractivity (Wildman–Crippen MR) is 115 cm³/mol. The van der Waals surface area contributed by atoms with E-state index in [4.69, 9.17) is 20.8 Å². The van der Waals surface area contributed by atoms with Crippen LogP contribution in [0.4, 0.5) is 5.69 Å². The average molecular weight is 418 g/mol. The van der Waals surface area contributed by atoms with Crippen molar-refractivity contribution in [3.63, 3.8) is 0 Å². The molecule has 0 bridgehead atoms. The number of benzene rings is 2. The predicted octanol–water partition coefficient (Wildman–Crippen LogP) is 4.89. The highest BCUT2D eigenvalue weighted by Crippen LogP contribution is 2.27. The monoisotopic (exact) mass is 417 g/mol. The van der Waals surface area contributed by atoms with Gasteiger partial charge in [0.2, 0.25) is 5.91 Å². The van der Waals surface area contributed by atoms with Gasteiger partial charge in [-0.15, -0.1) is 11.8 Å². The molecule has 0 saturated heterocycles. The largest absolute Gasteiger partial charge is 0.495 e. The van der Waals surface area contributed by atoms with Crippen molar-refractivity contribution in [3.05, 3.63) is 69.0 Å². The van der Waals surface area contributed by atoms with E-state index in [2.05, 4.69) is 5.32 Å². The molecule has 2 aromatic carbocycles. The number of amides is 1. The van der Waals surface area contributed by atoms with E-state index in [1.165, 1.54) is 24.9 Å². The van der Waals surface area contributed by atoms with Crippen molar-refractivity contribution in [2.24, 2.45) is 0 Å². The fraction of sp³-hybridized carbons (Fsp3) is 0.238. The van der Waals surface area contributed by atoms with E-state index >= 15 is 0 Å². The Labute approximate surface area is 172 Å². The second-order valence-electron chi connectivity index (χ2n) is 6.17. The van der Waals surface area contributed by atoms with Crippen LogP contribution in [0.15, 0.2) is 51.7 Å². The summed E-state index contributed by atoms with van der Waals surface area (Å²) in [7, 11) is 1.53. The second kappa shape index (κ2) is 9.17. The number of rotatable bonds is 7. The number of nitrogens with one attached hydrogen (secondary N) is 1. The molecule has 0 fully saturated rings. The van der Waals surface area contributed by atoms with Crippen molar-refractivity contribution < 1.29 is 13.9 Å². The van der Waals surface area contributed by atoms with Gasteiger partial charge < -0.3 is 14.5 Å². The smallest absolute Gasteiger partial charge is 0.336 e. The van der Waals surface area contributed by atoms with Crippen LogP contribution in [0.3, 0.4) is 0 Å². The Bertz CT molecular complexity index is 1060. The fourth-order valence-corrected chi connectivity index (χ4v) is 3.88. The first-order valence-corrected chi connectivity index (χ1v) is 10.3. The minimum Gasteiger partial charge on any atom is -0.495 e. The lowest BCUT2D eigenvalue weighted by molar-refractivity contribution is -0.113. The maximum Gasteiger partial charge on any atom is 0.336 e. The average Bonchev–Trinajstić information content (AvgIpc) is 2.67. The van der Waals surface area contributed by atoms with Gasteiger partial charge in [-0.1, -0.05) is 30.7 Å². The van der Waals surface area contributed by atoms with E-state index in [9.17, 15) is 9.59 Å². The van der Waals surface area contributed by atoms with Crippen LogP contribution in [-0.4, -0.2) is 18.8 Å². The van der Waals surface area contributed by atoms with Crippen molar-refractivity contribution in [3.8, 4) is 5.75 Å². The van der Waals surface area contributed by atoms with Gasteiger partial charge in [0.1, 0.15) is 11.3 Å². The van der Waals surface area contributed by atoms with Crippen LogP contribution >= 0.6 is 23.4 Å². The molecule has 0 radical (unpaired) electrons. The third-order valence-corrected chi connectivity index (χ3v) is 5.51. The second-order valence-corrected chi connectivity index (χ2v) is 7.56. The van der Waals surface area contributed by atoms with Crippen molar-refractivity contribution in [2.75, 3.05) is 18.2 Å². The molecule has 0 saturated carbocycles. The molecule has 0 aliphatic heterocycles. The summed E-state index contributed by atoms with van der Waals surface area (Å²) in [4.78, 5) is 24.0. The Morgan fingerprint density at radius 3 is 2.75 bits per heavy atom. The zero-order valence-corrected chi connectivity index (χ0v) is 17.2. The summed E-state index contributed by atoms with van der Waals surface area (Å²) in [6, 6.07) is 12.4. The van der Waals surface area contributed by atoms with Crippen LogP contribution in [0.1, 0.15) is 18.1 Å². The number of halogens is 1. The molecule has 0 aliphatic rings. The van der Waals surface area contributed by atoms with E-state index in [1.54, 1.807) is 18.2 Å². The molecule has 0 atom stereocenters. The number of anilines is 1. The zero-order valence-electron chi connectivity index (χ0n) is 15.6. The molecule has 1 N–H and O–H groups in total. The van der Waals surface area contributed by atoms with E-state index < -0.39 is 0 Å². The van der Waals surface area contributed by atoms with E-state index in [0.717, 1.165) is 22.9 Å². The van der Waals surface area contributed by atoms with Crippen LogP contribution < -0.4 is 15.7 Å². The molecule has 28 heavy (non-hydrogen) atoms. The summed E-state index contributed by atoms with van der Waals surface area (Å²) in [5.41, 5.74) is 2.78. The quantitative estimate of drug-likeness (QED) is 0.554. The number of methoxy groups -OCH3 is 1. The van der Waals surface area contributed by atoms with Crippen molar-refractivity contribution in [2.45, 2.75) is 19.1 Å². The van der Waals surface area contributed by atoms with Crippen LogP contribution in [0.5, 0.6) is 5.75 Å². The molecule has 146 valence electrons. The van der Waals surface area contributed by atoms with Gasteiger partial charge in [0.05, 0.1) is 17.9 Å². The first-order valence-electron chi connectivity index (χ1n) is 8.77. The first-order chi connectivity index (χ1) is 13.5. The molecular formula is C21H20ClNO4S. The summed E-state index contributed by atoms with van der Waals surface area (Å²) in [6.07, 6.45) is 0.869. The summed E-state index contributed by atoms with van der Waals surface area (Å²) in [5, 5.41) is 4.13. The minimum atomic E-state index is -0.381. The van der Waals surface area contributed by atoms with Gasteiger partial charge in [0.15, 0.2) is 0 Å². The molecule has 7 heteroatoms. The molecular weight excluding hydrogens is 398 g/mol. The lowest BCUT2D eigenvalue weighted by atomic mass is 10.1. The van der Waals surface area contributed by atoms with Crippen molar-refractivity contribution in [1.29, 1.82) is 0 Å². The number of ether oxygens (including phenoxy) is 1. The molecule has 0 aliphatic carbocycles. The van der Waals surface area contributed by atoms with E-state index in [0.29, 0.717) is 27.8 Å². The summed E-state index contributed by atoms with van der Waals surface area (Å²) in [6.45, 7) is 2.05. The number of thioether (sulfide) groups is 1. The Hall–Kier alpha value is -2.44. The first kappa shape index (κ1) is 20.3. The van der Waals surface area contributed by atoms with Gasteiger partial charge in [-0.25, -0.2) is 4.79 Å². The Kier molecular flexibility index (Phi) is 6.65. The van der Waals surface area contributed by atoms with Crippen LogP contribution in [0, 0.1) is 0 Å². The van der Waals surface area contributed by atoms with Crippen molar-refractivity contribution >= 4 is 45.9 Å². The number of hydrogen-bond donors (Lipinski definition) is 1. The van der Waals surface area contributed by atoms with Crippen LogP contribution in [0.25, 0.3) is 11.0 Å². The lowest BCUT2D eigenvalue weighted by Gasteiger charge is -2.09. The zero-order chi connectivity index (χ0) is 20.1. The number of carbonyl (C=O) groups is 1. The summed E-state index contributed by atoms with van der Waals surface area (Å²) < 4.78 is 10.4. The molecule has 0 spiro atoms. The van der Waals surface area contributed by atoms with Crippen molar-refractivity contribution in [1.82, 2.24) is 0 Å². The highest BCUT2D eigenvalue weighted by atomic mass is 35.5. The standard InChI is InChI=1S/C21H20ClNO4S/c1-3-13-4-6-16-14(9-21(25)27-19(16)8-13)11-28-12-20(24)23-15-5-7-18(26-2)17(22)10-15/h4-10H,3,11-12H2,1-2H3,(H,23,24). The lowest BCUT2D eigenvalue weighted by Crippen LogP contribution is -2.14. The minimum absolute atomic E-state index is 0.147. The van der Waals surface area contributed by atoms with Crippen LogP contribution in [0.2, 0.25) is 5.02 Å². The van der Waals surface area contributed by atoms with Gasteiger partial charge in [-0.05, 0) is 41.8 Å². The SMILES string of the molecule is CCc1ccc2c(CSCC(=O)Nc3ccc(OC)c(Cl)c3)cc(=O)oc2c1. The van der Waals surface area contributed by atoms with Gasteiger partial charge >= 0.3 is 5.63 Å². The molecule has 1 amide bonds. The highest BCUT2D eigenvalue weighted by Gasteiger charge is 2.09. The van der Waals surface area contributed by atoms with Gasteiger partial charge in [-0.3, -0.25) is 4.79 Å². The maximum atomic E-state index is 12.2. The Balaban J connectivity index is 1.64. The molecule has 0 unspecified atom stereocenters. The molecule has 1 aromatic heterocycles. The van der Waals surface area contributed by atoms with Gasteiger partial charge in [0.25, 0.3) is 0 Å². The van der Waals surface area contributed by atoms with Gasteiger partial charge in [-0.2, -0.15) is 0 Å². The van der Waals surface area contributed by atoms with Crippen LogP contribution in [-0.2, 0) is 17.0 Å².